The fourth-order valence-electron chi connectivity index (χ4n) is 1.77. The molecule has 19 heavy (non-hydrogen) atoms. The van der Waals surface area contributed by atoms with Gasteiger partial charge in [-0.25, -0.2) is 0 Å². The number of carbonyl (C=O) groups is 1. The van der Waals surface area contributed by atoms with Crippen LogP contribution >= 0.6 is 0 Å². The normalized spacial score (nSPS) is 13.7. The molecule has 1 heterocycles. The van der Waals surface area contributed by atoms with Gasteiger partial charge in [0.05, 0.1) is 10.6 Å². The molecule has 7 nitrogen and oxygen atoms in total. The molecule has 2 N–H and O–H groups in total. The van der Waals surface area contributed by atoms with Crippen LogP contribution < -0.4 is 15.4 Å². The van der Waals surface area contributed by atoms with Gasteiger partial charge in [0.2, 0.25) is 0 Å². The molecule has 1 amide bonds. The molecule has 0 radical (unpaired) electrons. The van der Waals surface area contributed by atoms with Gasteiger partial charge >= 0.3 is 0 Å². The smallest absolute Gasteiger partial charge is 0.271 e. The van der Waals surface area contributed by atoms with Crippen molar-refractivity contribution in [2.75, 3.05) is 24.6 Å². The van der Waals surface area contributed by atoms with Crippen molar-refractivity contribution < 1.29 is 14.5 Å². The number of nitro groups is 1. The van der Waals surface area contributed by atoms with Crippen LogP contribution in [0.25, 0.3) is 0 Å². The molecule has 0 saturated carbocycles. The number of hydrogen-bond acceptors (Lipinski definition) is 5. The first-order chi connectivity index (χ1) is 9.02. The average molecular weight is 263 g/mol. The third kappa shape index (κ3) is 2.55. The number of non-ortho nitro benzene ring substituents is 1. The molecule has 0 fully saturated rings. The van der Waals surface area contributed by atoms with Gasteiger partial charge in [-0.15, -0.1) is 0 Å². The van der Waals surface area contributed by atoms with Crippen LogP contribution in [0.4, 0.5) is 11.4 Å². The fourth-order valence-corrected chi connectivity index (χ4v) is 1.77. The van der Waals surface area contributed by atoms with Crippen molar-refractivity contribution in [2.24, 2.45) is 5.73 Å². The van der Waals surface area contributed by atoms with Crippen molar-refractivity contribution >= 4 is 17.3 Å². The molecule has 7 heteroatoms. The first kappa shape index (κ1) is 13.0. The summed E-state index contributed by atoms with van der Waals surface area (Å²) in [6.07, 6.45) is 0. The van der Waals surface area contributed by atoms with Gasteiger partial charge in [-0.1, -0.05) is 6.58 Å². The second-order valence-electron chi connectivity index (χ2n) is 4.13. The van der Waals surface area contributed by atoms with Crippen molar-refractivity contribution in [3.8, 4) is 5.75 Å². The average Bonchev–Trinajstić information content (AvgIpc) is 2.41. The number of rotatable bonds is 4. The Hall–Kier alpha value is -2.41. The molecule has 1 aromatic rings. The largest absolute Gasteiger partial charge is 0.482 e. The lowest BCUT2D eigenvalue weighted by atomic mass is 10.2. The van der Waals surface area contributed by atoms with E-state index in [2.05, 4.69) is 6.58 Å². The molecule has 0 aromatic heterocycles. The van der Waals surface area contributed by atoms with E-state index in [1.54, 1.807) is 0 Å². The standard InChI is InChI=1S/C12H13N3O4/c1-8(5-13)6-14-10-4-9(15(17)18)2-3-11(10)19-7-12(14)16/h2-4H,1,5-7,13H2. The van der Waals surface area contributed by atoms with Crippen molar-refractivity contribution in [2.45, 2.75) is 0 Å². The van der Waals surface area contributed by atoms with Crippen LogP contribution in [-0.2, 0) is 4.79 Å². The zero-order valence-electron chi connectivity index (χ0n) is 10.2. The predicted octanol–water partition coefficient (Wildman–Crippen LogP) is 0.835. The third-order valence-corrected chi connectivity index (χ3v) is 2.77. The lowest BCUT2D eigenvalue weighted by Gasteiger charge is -2.29. The molecule has 0 spiro atoms. The lowest BCUT2D eigenvalue weighted by Crippen LogP contribution is -2.40. The summed E-state index contributed by atoms with van der Waals surface area (Å²) in [6.45, 7) is 4.12. The Bertz CT molecular complexity index is 556. The molecule has 0 saturated heterocycles. The van der Waals surface area contributed by atoms with Gasteiger partial charge in [0.25, 0.3) is 11.6 Å². The number of carbonyl (C=O) groups excluding carboxylic acids is 1. The molecular weight excluding hydrogens is 250 g/mol. The van der Waals surface area contributed by atoms with Crippen LogP contribution in [0.2, 0.25) is 0 Å². The molecular formula is C12H13N3O4. The minimum absolute atomic E-state index is 0.0946. The summed E-state index contributed by atoms with van der Waals surface area (Å²) >= 11 is 0. The maximum absolute atomic E-state index is 11.8. The highest BCUT2D eigenvalue weighted by atomic mass is 16.6. The molecule has 100 valence electrons. The number of nitrogens with two attached hydrogens (primary N) is 1. The van der Waals surface area contributed by atoms with E-state index in [9.17, 15) is 14.9 Å². The summed E-state index contributed by atoms with van der Waals surface area (Å²) < 4.78 is 5.24. The van der Waals surface area contributed by atoms with E-state index >= 15 is 0 Å². The Morgan fingerprint density at radius 1 is 1.58 bits per heavy atom. The number of fused-ring (bicyclic) bond motifs is 1. The summed E-state index contributed by atoms with van der Waals surface area (Å²) in [5, 5.41) is 10.8. The summed E-state index contributed by atoms with van der Waals surface area (Å²) in [5.74, 6) is 0.164. The van der Waals surface area contributed by atoms with Gasteiger partial charge in [-0.3, -0.25) is 14.9 Å². The Morgan fingerprint density at radius 2 is 2.32 bits per heavy atom. The van der Waals surface area contributed by atoms with Gasteiger partial charge in [-0.2, -0.15) is 0 Å². The zero-order valence-corrected chi connectivity index (χ0v) is 10.2. The Labute approximate surface area is 109 Å². The monoisotopic (exact) mass is 263 g/mol. The minimum atomic E-state index is -0.519. The van der Waals surface area contributed by atoms with E-state index < -0.39 is 4.92 Å². The molecule has 0 atom stereocenters. The molecule has 0 unspecified atom stereocenters. The highest BCUT2D eigenvalue weighted by molar-refractivity contribution is 5.98. The Kier molecular flexibility index (Phi) is 3.48. The van der Waals surface area contributed by atoms with Crippen LogP contribution in [0, 0.1) is 10.1 Å². The van der Waals surface area contributed by atoms with E-state index in [0.29, 0.717) is 17.0 Å². The van der Waals surface area contributed by atoms with E-state index in [0.717, 1.165) is 0 Å². The molecule has 0 aliphatic carbocycles. The highest BCUT2D eigenvalue weighted by Crippen LogP contribution is 2.35. The maximum atomic E-state index is 11.8. The first-order valence-electron chi connectivity index (χ1n) is 5.61. The highest BCUT2D eigenvalue weighted by Gasteiger charge is 2.27. The SMILES string of the molecule is C=C(CN)CN1C(=O)COc2ccc([N+](=O)[O-])cc21. The summed E-state index contributed by atoms with van der Waals surface area (Å²) in [4.78, 5) is 23.5. The van der Waals surface area contributed by atoms with E-state index in [4.69, 9.17) is 10.5 Å². The van der Waals surface area contributed by atoms with Gasteiger partial charge in [0.1, 0.15) is 5.75 Å². The fraction of sp³-hybridized carbons (Fsp3) is 0.250. The van der Waals surface area contributed by atoms with Crippen LogP contribution in [0.15, 0.2) is 30.4 Å². The third-order valence-electron chi connectivity index (χ3n) is 2.77. The number of nitro benzene ring substituents is 1. The zero-order chi connectivity index (χ0) is 14.0. The van der Waals surface area contributed by atoms with Crippen molar-refractivity contribution in [3.63, 3.8) is 0 Å². The van der Waals surface area contributed by atoms with Crippen LogP contribution in [-0.4, -0.2) is 30.5 Å². The quantitative estimate of drug-likeness (QED) is 0.493. The van der Waals surface area contributed by atoms with Gasteiger partial charge in [0, 0.05) is 25.2 Å². The van der Waals surface area contributed by atoms with Crippen molar-refractivity contribution in [1.82, 2.24) is 0 Å². The van der Waals surface area contributed by atoms with E-state index in [1.165, 1.54) is 23.1 Å². The second-order valence-corrected chi connectivity index (χ2v) is 4.13. The molecule has 2 rings (SSSR count). The molecule has 1 aromatic carbocycles. The number of anilines is 1. The number of amides is 1. The summed E-state index contributed by atoms with van der Waals surface area (Å²) in [6, 6.07) is 4.14. The molecule has 1 aliphatic heterocycles. The number of hydrogen-bond donors (Lipinski definition) is 1. The summed E-state index contributed by atoms with van der Waals surface area (Å²) in [7, 11) is 0. The van der Waals surface area contributed by atoms with Crippen molar-refractivity contribution in [3.05, 3.63) is 40.5 Å². The van der Waals surface area contributed by atoms with Crippen LogP contribution in [0.1, 0.15) is 0 Å². The van der Waals surface area contributed by atoms with E-state index in [1.807, 2.05) is 0 Å². The Balaban J connectivity index is 2.41. The van der Waals surface area contributed by atoms with Gasteiger partial charge in [-0.05, 0) is 11.6 Å². The van der Waals surface area contributed by atoms with Crippen LogP contribution in [0.5, 0.6) is 5.75 Å². The molecule has 1 aliphatic rings. The van der Waals surface area contributed by atoms with Gasteiger partial charge in [0.15, 0.2) is 6.61 Å². The number of nitrogens with zero attached hydrogens (tertiary/aromatic N) is 2. The lowest BCUT2D eigenvalue weighted by molar-refractivity contribution is -0.384. The van der Waals surface area contributed by atoms with Crippen molar-refractivity contribution in [1.29, 1.82) is 0 Å². The predicted molar refractivity (Wildman–Crippen MR) is 69.1 cm³/mol. The summed E-state index contributed by atoms with van der Waals surface area (Å²) in [5.41, 5.74) is 6.39. The van der Waals surface area contributed by atoms with E-state index in [-0.39, 0.29) is 31.3 Å². The Morgan fingerprint density at radius 3 is 2.95 bits per heavy atom. The number of benzene rings is 1. The maximum Gasteiger partial charge on any atom is 0.271 e. The molecule has 0 bridgehead atoms. The second kappa shape index (κ2) is 5.07. The topological polar surface area (TPSA) is 98.7 Å². The minimum Gasteiger partial charge on any atom is -0.482 e. The number of ether oxygens (including phenoxy) is 1. The van der Waals surface area contributed by atoms with Crippen LogP contribution in [0.3, 0.4) is 0 Å². The van der Waals surface area contributed by atoms with Gasteiger partial charge < -0.3 is 15.4 Å². The first-order valence-corrected chi connectivity index (χ1v) is 5.61.